The molecule has 4 aromatic rings. The number of pyridine rings is 2. The van der Waals surface area contributed by atoms with Crippen molar-refractivity contribution in [2.45, 2.75) is 17.7 Å². The first-order valence-corrected chi connectivity index (χ1v) is 12.9. The Balaban J connectivity index is 1.93. The van der Waals surface area contributed by atoms with Gasteiger partial charge in [0, 0.05) is 11.8 Å². The van der Waals surface area contributed by atoms with Crippen LogP contribution < -0.4 is 30.2 Å². The number of nitrogens with two attached hydrogens (primary N) is 1. The Hall–Kier alpha value is -5.13. The zero-order valence-corrected chi connectivity index (χ0v) is 22.4. The molecule has 3 aromatic heterocycles. The van der Waals surface area contributed by atoms with Gasteiger partial charge in [-0.2, -0.15) is 13.4 Å². The molecular weight excluding hydrogens is 564 g/mol. The van der Waals surface area contributed by atoms with Crippen molar-refractivity contribution in [1.82, 2.24) is 19.9 Å². The number of nitrogens with zero attached hydrogens (tertiary/aromatic N) is 3. The number of aromatic hydroxyl groups is 2. The normalized spacial score (nSPS) is 11.6. The standard InChI is InChI=1S/C24H24N6O10S/c1-24(34,35)11-8-9-14(26-10-11)41(36,37)30-20-18(40-13-7-5-4-6-12(13)38-2)23(39-3)28-19(27-20)15-16(25)21(32)29-22(33)17(15)31/h4-10,31,34-35H,25H2,1-3H3,(H,27,28,30)(H2,29,32,33). The molecule has 0 fully saturated rings. The molecule has 1 aromatic carbocycles. The summed E-state index contributed by atoms with van der Waals surface area (Å²) >= 11 is 0. The van der Waals surface area contributed by atoms with E-state index in [0.29, 0.717) is 0 Å². The van der Waals surface area contributed by atoms with Crippen LogP contribution in [-0.4, -0.2) is 63.0 Å². The van der Waals surface area contributed by atoms with Gasteiger partial charge in [0.05, 0.1) is 19.8 Å². The largest absolute Gasteiger partial charge is 0.502 e. The molecule has 0 spiro atoms. The highest BCUT2D eigenvalue weighted by molar-refractivity contribution is 7.92. The number of aliphatic hydroxyl groups is 2. The second-order valence-corrected chi connectivity index (χ2v) is 10.1. The molecule has 0 amide bonds. The highest BCUT2D eigenvalue weighted by Crippen LogP contribution is 2.43. The SMILES string of the molecule is COc1ccccc1Oc1c(NS(=O)(=O)c2ccc(C(C)(O)O)cn2)nc(-c2c(N)c(O)[nH]c(=O)c2O)nc1OC. The van der Waals surface area contributed by atoms with E-state index in [0.717, 1.165) is 25.3 Å². The van der Waals surface area contributed by atoms with Crippen molar-refractivity contribution in [3.8, 4) is 46.1 Å². The fraction of sp³-hybridized carbons (Fsp3) is 0.167. The lowest BCUT2D eigenvalue weighted by molar-refractivity contribution is -0.152. The second-order valence-electron chi connectivity index (χ2n) is 8.44. The Morgan fingerprint density at radius 2 is 1.71 bits per heavy atom. The molecular formula is C24H24N6O10S. The Kier molecular flexibility index (Phi) is 7.60. The van der Waals surface area contributed by atoms with Crippen LogP contribution in [0.1, 0.15) is 12.5 Å². The number of sulfonamides is 1. The average molecular weight is 589 g/mol. The van der Waals surface area contributed by atoms with E-state index in [1.54, 1.807) is 18.2 Å². The number of anilines is 2. The van der Waals surface area contributed by atoms with Crippen molar-refractivity contribution in [2.75, 3.05) is 24.7 Å². The quantitative estimate of drug-likeness (QED) is 0.135. The number of nitrogen functional groups attached to an aromatic ring is 1. The minimum absolute atomic E-state index is 0.0808. The molecule has 3 heterocycles. The summed E-state index contributed by atoms with van der Waals surface area (Å²) in [5, 5.41) is 39.3. The Morgan fingerprint density at radius 3 is 2.29 bits per heavy atom. The topological polar surface area (TPSA) is 252 Å². The van der Waals surface area contributed by atoms with E-state index in [1.165, 1.54) is 20.3 Å². The van der Waals surface area contributed by atoms with E-state index in [1.807, 2.05) is 4.98 Å². The third-order valence-corrected chi connectivity index (χ3v) is 6.78. The van der Waals surface area contributed by atoms with E-state index in [4.69, 9.17) is 19.9 Å². The van der Waals surface area contributed by atoms with Gasteiger partial charge in [0.15, 0.2) is 39.7 Å². The number of nitrogens with one attached hydrogen (secondary N) is 2. The number of rotatable bonds is 9. The van der Waals surface area contributed by atoms with Crippen molar-refractivity contribution in [3.63, 3.8) is 0 Å². The molecule has 0 atom stereocenters. The molecule has 41 heavy (non-hydrogen) atoms. The maximum absolute atomic E-state index is 13.3. The van der Waals surface area contributed by atoms with Gasteiger partial charge >= 0.3 is 0 Å². The van der Waals surface area contributed by atoms with Crippen LogP contribution in [-0.2, 0) is 15.8 Å². The zero-order valence-electron chi connectivity index (χ0n) is 21.6. The number of hydrogen-bond donors (Lipinski definition) is 7. The van der Waals surface area contributed by atoms with Crippen LogP contribution in [0.5, 0.6) is 34.8 Å². The van der Waals surface area contributed by atoms with Gasteiger partial charge < -0.3 is 40.4 Å². The highest BCUT2D eigenvalue weighted by Gasteiger charge is 2.29. The van der Waals surface area contributed by atoms with Crippen LogP contribution in [0.4, 0.5) is 11.5 Å². The Labute approximate surface area is 231 Å². The van der Waals surface area contributed by atoms with Crippen molar-refractivity contribution < 1.29 is 43.1 Å². The van der Waals surface area contributed by atoms with Gasteiger partial charge in [0.2, 0.25) is 11.6 Å². The Bertz CT molecular complexity index is 1770. The second kappa shape index (κ2) is 10.8. The molecule has 17 heteroatoms. The molecule has 0 unspecified atom stereocenters. The van der Waals surface area contributed by atoms with Gasteiger partial charge in [-0.05, 0) is 31.2 Å². The van der Waals surface area contributed by atoms with Crippen LogP contribution in [0.3, 0.4) is 0 Å². The molecule has 0 saturated heterocycles. The number of aromatic nitrogens is 4. The van der Waals surface area contributed by atoms with Gasteiger partial charge in [-0.1, -0.05) is 12.1 Å². The number of benzene rings is 1. The minimum Gasteiger partial charge on any atom is -0.502 e. The molecule has 0 radical (unpaired) electrons. The van der Waals surface area contributed by atoms with Crippen LogP contribution in [0.15, 0.2) is 52.4 Å². The van der Waals surface area contributed by atoms with E-state index in [2.05, 4.69) is 19.7 Å². The number of H-pyrrole nitrogens is 1. The lowest BCUT2D eigenvalue weighted by Gasteiger charge is -2.18. The van der Waals surface area contributed by atoms with Crippen LogP contribution in [0.25, 0.3) is 11.4 Å². The van der Waals surface area contributed by atoms with Crippen molar-refractivity contribution >= 4 is 21.5 Å². The number of methoxy groups -OCH3 is 2. The first-order valence-electron chi connectivity index (χ1n) is 11.4. The smallest absolute Gasteiger partial charge is 0.293 e. The van der Waals surface area contributed by atoms with E-state index in [-0.39, 0.29) is 28.7 Å². The fourth-order valence-corrected chi connectivity index (χ4v) is 4.41. The van der Waals surface area contributed by atoms with E-state index in [9.17, 15) is 33.6 Å². The van der Waals surface area contributed by atoms with Crippen LogP contribution in [0.2, 0.25) is 0 Å². The molecule has 0 bridgehead atoms. The predicted octanol–water partition coefficient (Wildman–Crippen LogP) is 0.988. The van der Waals surface area contributed by atoms with Gasteiger partial charge in [0.25, 0.3) is 21.5 Å². The van der Waals surface area contributed by atoms with Crippen molar-refractivity contribution in [3.05, 3.63) is 58.5 Å². The molecule has 16 nitrogen and oxygen atoms in total. The third kappa shape index (κ3) is 5.76. The fourth-order valence-electron chi connectivity index (χ4n) is 3.47. The predicted molar refractivity (Wildman–Crippen MR) is 142 cm³/mol. The minimum atomic E-state index is -4.56. The summed E-state index contributed by atoms with van der Waals surface area (Å²) in [4.78, 5) is 26.1. The summed E-state index contributed by atoms with van der Waals surface area (Å²) in [6.07, 6.45) is 0.949. The molecule has 8 N–H and O–H groups in total. The van der Waals surface area contributed by atoms with Crippen molar-refractivity contribution in [2.24, 2.45) is 0 Å². The lowest BCUT2D eigenvalue weighted by Crippen LogP contribution is -2.21. The lowest BCUT2D eigenvalue weighted by atomic mass is 10.1. The van der Waals surface area contributed by atoms with Crippen LogP contribution in [0, 0.1) is 0 Å². The number of aromatic amines is 1. The summed E-state index contributed by atoms with van der Waals surface area (Å²) in [7, 11) is -2.00. The van der Waals surface area contributed by atoms with Gasteiger partial charge in [0.1, 0.15) is 5.69 Å². The van der Waals surface area contributed by atoms with E-state index >= 15 is 0 Å². The van der Waals surface area contributed by atoms with Gasteiger partial charge in [-0.25, -0.2) is 9.97 Å². The molecule has 216 valence electrons. The summed E-state index contributed by atoms with van der Waals surface area (Å²) in [6.45, 7) is 1.07. The number of para-hydroxylation sites is 2. The summed E-state index contributed by atoms with van der Waals surface area (Å²) in [5.74, 6) is -5.51. The first kappa shape index (κ1) is 28.9. The van der Waals surface area contributed by atoms with E-state index < -0.39 is 60.9 Å². The molecule has 0 aliphatic rings. The van der Waals surface area contributed by atoms with Crippen molar-refractivity contribution in [1.29, 1.82) is 0 Å². The average Bonchev–Trinajstić information content (AvgIpc) is 2.93. The summed E-state index contributed by atoms with van der Waals surface area (Å²) in [6, 6.07) is 8.50. The zero-order chi connectivity index (χ0) is 30.1. The molecule has 4 rings (SSSR count). The summed E-state index contributed by atoms with van der Waals surface area (Å²) in [5.41, 5.74) is 3.59. The molecule has 0 aliphatic carbocycles. The summed E-state index contributed by atoms with van der Waals surface area (Å²) < 4.78 is 45.3. The monoisotopic (exact) mass is 588 g/mol. The third-order valence-electron chi connectivity index (χ3n) is 5.53. The molecule has 0 aliphatic heterocycles. The first-order chi connectivity index (χ1) is 19.3. The highest BCUT2D eigenvalue weighted by atomic mass is 32.2. The van der Waals surface area contributed by atoms with Gasteiger partial charge in [-0.3, -0.25) is 14.5 Å². The maximum atomic E-state index is 13.3. The number of hydrogen-bond acceptors (Lipinski definition) is 14. The number of ether oxygens (including phenoxy) is 3. The van der Waals surface area contributed by atoms with Crippen LogP contribution >= 0.6 is 0 Å². The molecule has 0 saturated carbocycles. The maximum Gasteiger partial charge on any atom is 0.293 e. The Morgan fingerprint density at radius 1 is 1.02 bits per heavy atom. The van der Waals surface area contributed by atoms with Gasteiger partial charge in [-0.15, -0.1) is 0 Å².